The van der Waals surface area contributed by atoms with Crippen LogP contribution in [-0.4, -0.2) is 43.1 Å². The minimum atomic E-state index is -4.36. The van der Waals surface area contributed by atoms with Gasteiger partial charge in [0.05, 0.1) is 5.56 Å². The highest BCUT2D eigenvalue weighted by molar-refractivity contribution is 5.83. The van der Waals surface area contributed by atoms with Crippen LogP contribution in [0.5, 0.6) is 5.75 Å². The van der Waals surface area contributed by atoms with Gasteiger partial charge in [0, 0.05) is 38.3 Å². The van der Waals surface area contributed by atoms with Gasteiger partial charge in [0.2, 0.25) is 0 Å². The van der Waals surface area contributed by atoms with E-state index in [0.29, 0.717) is 38.3 Å². The van der Waals surface area contributed by atoms with Crippen LogP contribution in [-0.2, 0) is 17.4 Å². The lowest BCUT2D eigenvalue weighted by Crippen LogP contribution is -2.52. The van der Waals surface area contributed by atoms with E-state index in [4.69, 9.17) is 4.74 Å². The Bertz CT molecular complexity index is 820. The summed E-state index contributed by atoms with van der Waals surface area (Å²) in [5, 5.41) is 0. The Hall–Kier alpha value is -2.70. The second kappa shape index (κ2) is 6.79. The fraction of sp³-hybridized carbons (Fsp3) is 0.350. The summed E-state index contributed by atoms with van der Waals surface area (Å²) in [7, 11) is 0. The fourth-order valence-electron chi connectivity index (χ4n) is 3.59. The Morgan fingerprint density at radius 1 is 1.00 bits per heavy atom. The monoisotopic (exact) mass is 376 g/mol. The number of ether oxygens (including phenoxy) is 1. The van der Waals surface area contributed by atoms with Crippen molar-refractivity contribution < 1.29 is 22.7 Å². The highest BCUT2D eigenvalue weighted by atomic mass is 19.4. The van der Waals surface area contributed by atoms with Crippen LogP contribution in [0, 0.1) is 0 Å². The van der Waals surface area contributed by atoms with Gasteiger partial charge in [-0.15, -0.1) is 0 Å². The second-order valence-electron chi connectivity index (χ2n) is 6.78. The molecule has 1 fully saturated rings. The Balaban J connectivity index is 1.38. The van der Waals surface area contributed by atoms with Crippen molar-refractivity contribution in [3.8, 4) is 5.75 Å². The first-order valence-corrected chi connectivity index (χ1v) is 8.87. The first-order valence-electron chi connectivity index (χ1n) is 8.87. The number of carbonyl (C=O) groups is 1. The van der Waals surface area contributed by atoms with Gasteiger partial charge in [-0.3, -0.25) is 4.79 Å². The first-order chi connectivity index (χ1) is 12.9. The normalized spacial score (nSPS) is 19.6. The number of benzene rings is 2. The zero-order chi connectivity index (χ0) is 19.0. The summed E-state index contributed by atoms with van der Waals surface area (Å²) >= 11 is 0. The van der Waals surface area contributed by atoms with Gasteiger partial charge in [-0.1, -0.05) is 24.3 Å². The van der Waals surface area contributed by atoms with E-state index in [-0.39, 0.29) is 5.91 Å². The lowest BCUT2D eigenvalue weighted by Gasteiger charge is -2.37. The summed E-state index contributed by atoms with van der Waals surface area (Å²) < 4.78 is 44.5. The first kappa shape index (κ1) is 17.7. The quantitative estimate of drug-likeness (QED) is 0.806. The Morgan fingerprint density at radius 3 is 2.44 bits per heavy atom. The maximum atomic E-state index is 12.9. The molecule has 1 unspecified atom stereocenters. The molecule has 0 radical (unpaired) electrons. The SMILES string of the molecule is O=C(C1Cc2ccccc2O1)N1CCN(c2cccc(C(F)(F)F)c2)CC1. The summed E-state index contributed by atoms with van der Waals surface area (Å²) in [5.74, 6) is 0.688. The number of anilines is 1. The summed E-state index contributed by atoms with van der Waals surface area (Å²) in [6, 6.07) is 12.9. The van der Waals surface area contributed by atoms with Crippen molar-refractivity contribution in [1.82, 2.24) is 4.90 Å². The van der Waals surface area contributed by atoms with Crippen molar-refractivity contribution in [1.29, 1.82) is 0 Å². The predicted octanol–water partition coefficient (Wildman–Crippen LogP) is 3.36. The summed E-state index contributed by atoms with van der Waals surface area (Å²) in [4.78, 5) is 16.3. The van der Waals surface area contributed by atoms with Crippen molar-refractivity contribution in [3.63, 3.8) is 0 Å². The zero-order valence-electron chi connectivity index (χ0n) is 14.6. The molecule has 4 rings (SSSR count). The fourth-order valence-corrected chi connectivity index (χ4v) is 3.59. The molecule has 142 valence electrons. The standard InChI is InChI=1S/C20H19F3N2O2/c21-20(22,23)15-5-3-6-16(13-15)24-8-10-25(11-9-24)19(26)18-12-14-4-1-2-7-17(14)27-18/h1-7,13,18H,8-12H2. The molecule has 1 saturated heterocycles. The molecule has 4 nitrogen and oxygen atoms in total. The third-order valence-corrected chi connectivity index (χ3v) is 5.05. The number of hydrogen-bond donors (Lipinski definition) is 0. The molecule has 0 bridgehead atoms. The summed E-state index contributed by atoms with van der Waals surface area (Å²) in [6.07, 6.45) is -4.31. The Kier molecular flexibility index (Phi) is 4.45. The number of hydrogen-bond acceptors (Lipinski definition) is 3. The van der Waals surface area contributed by atoms with E-state index < -0.39 is 17.8 Å². The topological polar surface area (TPSA) is 32.8 Å². The molecule has 2 aliphatic rings. The number of amides is 1. The Morgan fingerprint density at radius 2 is 1.74 bits per heavy atom. The molecule has 1 atom stereocenters. The van der Waals surface area contributed by atoms with Gasteiger partial charge in [0.15, 0.2) is 6.10 Å². The van der Waals surface area contributed by atoms with E-state index >= 15 is 0 Å². The molecule has 0 N–H and O–H groups in total. The molecular weight excluding hydrogens is 357 g/mol. The molecule has 0 aliphatic carbocycles. The van der Waals surface area contributed by atoms with E-state index in [1.54, 1.807) is 11.0 Å². The second-order valence-corrected chi connectivity index (χ2v) is 6.78. The number of rotatable bonds is 2. The van der Waals surface area contributed by atoms with Crippen LogP contribution in [0.1, 0.15) is 11.1 Å². The van der Waals surface area contributed by atoms with Crippen LogP contribution in [0.2, 0.25) is 0 Å². The molecular formula is C20H19F3N2O2. The van der Waals surface area contributed by atoms with Gasteiger partial charge < -0.3 is 14.5 Å². The average molecular weight is 376 g/mol. The zero-order valence-corrected chi connectivity index (χ0v) is 14.6. The number of carbonyl (C=O) groups excluding carboxylic acids is 1. The summed E-state index contributed by atoms with van der Waals surface area (Å²) in [5.41, 5.74) is 0.899. The van der Waals surface area contributed by atoms with Crippen LogP contribution in [0.25, 0.3) is 0 Å². The Labute approximate surface area is 155 Å². The summed E-state index contributed by atoms with van der Waals surface area (Å²) in [6.45, 7) is 1.91. The molecule has 2 aliphatic heterocycles. The number of halogens is 3. The van der Waals surface area contributed by atoms with Crippen molar-refractivity contribution in [2.75, 3.05) is 31.1 Å². The van der Waals surface area contributed by atoms with Crippen LogP contribution in [0.15, 0.2) is 48.5 Å². The molecule has 2 aromatic rings. The van der Waals surface area contributed by atoms with Gasteiger partial charge in [-0.2, -0.15) is 13.2 Å². The highest BCUT2D eigenvalue weighted by Crippen LogP contribution is 2.32. The van der Waals surface area contributed by atoms with Crippen LogP contribution < -0.4 is 9.64 Å². The van der Waals surface area contributed by atoms with Crippen molar-refractivity contribution in [3.05, 3.63) is 59.7 Å². The van der Waals surface area contributed by atoms with E-state index in [0.717, 1.165) is 23.4 Å². The number of fused-ring (bicyclic) bond motifs is 1. The van der Waals surface area contributed by atoms with Gasteiger partial charge in [-0.05, 0) is 29.8 Å². The molecule has 27 heavy (non-hydrogen) atoms. The third-order valence-electron chi connectivity index (χ3n) is 5.05. The van der Waals surface area contributed by atoms with Crippen molar-refractivity contribution in [2.45, 2.75) is 18.7 Å². The minimum Gasteiger partial charge on any atom is -0.480 e. The lowest BCUT2D eigenvalue weighted by atomic mass is 10.1. The molecule has 7 heteroatoms. The number of alkyl halides is 3. The largest absolute Gasteiger partial charge is 0.480 e. The number of piperazine rings is 1. The molecule has 2 heterocycles. The third kappa shape index (κ3) is 3.59. The van der Waals surface area contributed by atoms with E-state index in [9.17, 15) is 18.0 Å². The van der Waals surface area contributed by atoms with Crippen molar-refractivity contribution >= 4 is 11.6 Å². The number of nitrogens with zero attached hydrogens (tertiary/aromatic N) is 2. The highest BCUT2D eigenvalue weighted by Gasteiger charge is 2.34. The van der Waals surface area contributed by atoms with Crippen LogP contribution >= 0.6 is 0 Å². The predicted molar refractivity (Wildman–Crippen MR) is 94.8 cm³/mol. The lowest BCUT2D eigenvalue weighted by molar-refractivity contribution is -0.138. The minimum absolute atomic E-state index is 0.0603. The van der Waals surface area contributed by atoms with Gasteiger partial charge in [0.25, 0.3) is 5.91 Å². The number of para-hydroxylation sites is 1. The maximum absolute atomic E-state index is 12.9. The molecule has 0 spiro atoms. The van der Waals surface area contributed by atoms with E-state index in [1.807, 2.05) is 29.2 Å². The van der Waals surface area contributed by atoms with Gasteiger partial charge in [-0.25, -0.2) is 0 Å². The van der Waals surface area contributed by atoms with Gasteiger partial charge in [0.1, 0.15) is 5.75 Å². The van der Waals surface area contributed by atoms with Crippen LogP contribution in [0.4, 0.5) is 18.9 Å². The molecule has 2 aromatic carbocycles. The van der Waals surface area contributed by atoms with E-state index in [2.05, 4.69) is 0 Å². The maximum Gasteiger partial charge on any atom is 0.416 e. The molecule has 1 amide bonds. The average Bonchev–Trinajstić information content (AvgIpc) is 3.11. The van der Waals surface area contributed by atoms with Crippen LogP contribution in [0.3, 0.4) is 0 Å². The molecule has 0 aromatic heterocycles. The van der Waals surface area contributed by atoms with E-state index in [1.165, 1.54) is 6.07 Å². The van der Waals surface area contributed by atoms with Gasteiger partial charge >= 0.3 is 6.18 Å². The van der Waals surface area contributed by atoms with Crippen molar-refractivity contribution in [2.24, 2.45) is 0 Å². The smallest absolute Gasteiger partial charge is 0.416 e. The molecule has 0 saturated carbocycles.